The average Bonchev–Trinajstić information content (AvgIpc) is 3.18. The van der Waals surface area contributed by atoms with Crippen LogP contribution in [-0.2, 0) is 28.8 Å². The second kappa shape index (κ2) is 11.8. The van der Waals surface area contributed by atoms with Crippen LogP contribution in [0.5, 0.6) is 0 Å². The molecule has 1 aliphatic rings. The monoisotopic (exact) mass is 442 g/mol. The normalized spacial score (nSPS) is 18.5. The van der Waals surface area contributed by atoms with Gasteiger partial charge in [-0.05, 0) is 25.3 Å². The summed E-state index contributed by atoms with van der Waals surface area (Å²) in [7, 11) is 0. The van der Waals surface area contributed by atoms with Gasteiger partial charge < -0.3 is 37.8 Å². The first kappa shape index (κ1) is 25.8. The van der Waals surface area contributed by atoms with Gasteiger partial charge in [0.25, 0.3) is 0 Å². The number of carbonyl (C=O) groups excluding carboxylic acids is 5. The molecule has 0 bridgehead atoms. The van der Waals surface area contributed by atoms with E-state index in [1.807, 2.05) is 0 Å². The fourth-order valence-electron chi connectivity index (χ4n) is 3.04. The largest absolute Gasteiger partial charge is 0.480 e. The summed E-state index contributed by atoms with van der Waals surface area (Å²) in [6, 6.07) is -4.60. The van der Waals surface area contributed by atoms with Crippen molar-refractivity contribution >= 4 is 35.5 Å². The summed E-state index contributed by atoms with van der Waals surface area (Å²) < 4.78 is 0. The van der Waals surface area contributed by atoms with Crippen LogP contribution < -0.4 is 32.7 Å². The minimum Gasteiger partial charge on any atom is -0.480 e. The molecule has 1 rings (SSSR count). The summed E-state index contributed by atoms with van der Waals surface area (Å²) in [6.07, 6.45) is 0.241. The molecule has 1 fully saturated rings. The number of hydrogen-bond acceptors (Lipinski definition) is 7. The molecule has 5 amide bonds. The van der Waals surface area contributed by atoms with Crippen molar-refractivity contribution < 1.29 is 33.9 Å². The molecule has 4 unspecified atom stereocenters. The van der Waals surface area contributed by atoms with Crippen molar-refractivity contribution in [2.45, 2.75) is 63.7 Å². The van der Waals surface area contributed by atoms with Crippen LogP contribution >= 0.6 is 0 Å². The summed E-state index contributed by atoms with van der Waals surface area (Å²) in [5.74, 6) is -5.89. The van der Waals surface area contributed by atoms with Crippen LogP contribution in [0.4, 0.5) is 0 Å². The van der Waals surface area contributed by atoms with Crippen molar-refractivity contribution in [3.05, 3.63) is 0 Å². The molecular formula is C18H30N6O7. The maximum Gasteiger partial charge on any atom is 0.326 e. The van der Waals surface area contributed by atoms with Gasteiger partial charge in [0, 0.05) is 0 Å². The zero-order valence-corrected chi connectivity index (χ0v) is 17.5. The Kier molecular flexibility index (Phi) is 9.86. The van der Waals surface area contributed by atoms with E-state index in [1.165, 1.54) is 0 Å². The highest BCUT2D eigenvalue weighted by Crippen LogP contribution is 2.08. The first-order valence-corrected chi connectivity index (χ1v) is 9.86. The third kappa shape index (κ3) is 8.58. The highest BCUT2D eigenvalue weighted by molar-refractivity contribution is 5.96. The zero-order chi connectivity index (χ0) is 23.7. The van der Waals surface area contributed by atoms with Gasteiger partial charge >= 0.3 is 5.97 Å². The van der Waals surface area contributed by atoms with Crippen LogP contribution in [0, 0.1) is 5.92 Å². The van der Waals surface area contributed by atoms with Crippen LogP contribution in [0.2, 0.25) is 0 Å². The highest BCUT2D eigenvalue weighted by Gasteiger charge is 2.33. The summed E-state index contributed by atoms with van der Waals surface area (Å²) in [4.78, 5) is 71.3. The van der Waals surface area contributed by atoms with Crippen molar-refractivity contribution in [2.24, 2.45) is 17.4 Å². The molecule has 9 N–H and O–H groups in total. The Labute approximate surface area is 179 Å². The molecule has 1 heterocycles. The lowest BCUT2D eigenvalue weighted by Gasteiger charge is -2.26. The maximum absolute atomic E-state index is 12.7. The van der Waals surface area contributed by atoms with Gasteiger partial charge in [0.15, 0.2) is 0 Å². The van der Waals surface area contributed by atoms with Crippen LogP contribution in [-0.4, -0.2) is 71.3 Å². The summed E-state index contributed by atoms with van der Waals surface area (Å²) in [5.41, 5.74) is 10.2. The third-order valence-corrected chi connectivity index (χ3v) is 4.68. The number of nitrogens with one attached hydrogen (secondary N) is 4. The van der Waals surface area contributed by atoms with E-state index < -0.39 is 78.4 Å². The lowest BCUT2D eigenvalue weighted by molar-refractivity contribution is -0.144. The second-order valence-corrected chi connectivity index (χ2v) is 7.68. The average molecular weight is 442 g/mol. The molecule has 0 aromatic heterocycles. The molecule has 4 atom stereocenters. The van der Waals surface area contributed by atoms with Gasteiger partial charge in [0.1, 0.15) is 18.1 Å². The number of hydrogen-bond donors (Lipinski definition) is 7. The predicted molar refractivity (Wildman–Crippen MR) is 107 cm³/mol. The molecule has 13 heteroatoms. The Morgan fingerprint density at radius 1 is 0.935 bits per heavy atom. The van der Waals surface area contributed by atoms with Crippen molar-refractivity contribution in [1.82, 2.24) is 21.3 Å². The van der Waals surface area contributed by atoms with Crippen LogP contribution in [0.3, 0.4) is 0 Å². The number of carboxylic acids is 1. The lowest BCUT2D eigenvalue weighted by atomic mass is 10.0. The molecule has 0 saturated carbocycles. The molecule has 1 aliphatic heterocycles. The van der Waals surface area contributed by atoms with Gasteiger partial charge in [-0.1, -0.05) is 13.8 Å². The Hall–Kier alpha value is -3.22. The molecule has 31 heavy (non-hydrogen) atoms. The molecule has 174 valence electrons. The number of nitrogens with two attached hydrogens (primary N) is 2. The molecule has 0 aromatic rings. The van der Waals surface area contributed by atoms with Gasteiger partial charge in [-0.2, -0.15) is 0 Å². The molecule has 0 aromatic carbocycles. The van der Waals surface area contributed by atoms with Crippen molar-refractivity contribution in [3.63, 3.8) is 0 Å². The Balaban J connectivity index is 2.90. The summed E-state index contributed by atoms with van der Waals surface area (Å²) >= 11 is 0. The molecular weight excluding hydrogens is 412 g/mol. The molecule has 0 aliphatic carbocycles. The minimum atomic E-state index is -1.57. The van der Waals surface area contributed by atoms with E-state index >= 15 is 0 Å². The summed E-state index contributed by atoms with van der Waals surface area (Å²) in [5, 5.41) is 19.1. The minimum absolute atomic E-state index is 0.475. The fraction of sp³-hybridized carbons (Fsp3) is 0.667. The number of amides is 5. The first-order valence-electron chi connectivity index (χ1n) is 9.86. The quantitative estimate of drug-likeness (QED) is 0.162. The van der Waals surface area contributed by atoms with Crippen LogP contribution in [0.15, 0.2) is 0 Å². The topological polar surface area (TPSA) is 223 Å². The SMILES string of the molecule is CC(C)C(NC(=O)C(CC(N)=O)NC(=O)C1CCCN1)C(=O)NC(CC(N)=O)C(=O)O. The van der Waals surface area contributed by atoms with E-state index in [9.17, 15) is 28.8 Å². The number of carbonyl (C=O) groups is 6. The van der Waals surface area contributed by atoms with E-state index in [0.29, 0.717) is 13.0 Å². The van der Waals surface area contributed by atoms with Crippen molar-refractivity contribution in [2.75, 3.05) is 6.54 Å². The van der Waals surface area contributed by atoms with E-state index in [0.717, 1.165) is 6.42 Å². The van der Waals surface area contributed by atoms with Crippen molar-refractivity contribution in [1.29, 1.82) is 0 Å². The number of carboxylic acid groups (broad SMARTS) is 1. The number of primary amides is 2. The Morgan fingerprint density at radius 2 is 1.52 bits per heavy atom. The van der Waals surface area contributed by atoms with Crippen LogP contribution in [0.25, 0.3) is 0 Å². The first-order chi connectivity index (χ1) is 14.4. The van der Waals surface area contributed by atoms with E-state index in [2.05, 4.69) is 21.3 Å². The van der Waals surface area contributed by atoms with Crippen LogP contribution in [0.1, 0.15) is 39.5 Å². The molecule has 13 nitrogen and oxygen atoms in total. The Bertz CT molecular complexity index is 720. The Morgan fingerprint density at radius 3 is 1.97 bits per heavy atom. The smallest absolute Gasteiger partial charge is 0.326 e. The standard InChI is InChI=1S/C18H30N6O7/c1-8(2)14(17(29)23-11(18(30)31)7-13(20)26)24-16(28)10(6-12(19)25)22-15(27)9-4-3-5-21-9/h8-11,14,21H,3-7H2,1-2H3,(H2,19,25)(H2,20,26)(H,22,27)(H,23,29)(H,24,28)(H,30,31). The van der Waals surface area contributed by atoms with Gasteiger partial charge in [-0.25, -0.2) is 4.79 Å². The van der Waals surface area contributed by atoms with Gasteiger partial charge in [-0.15, -0.1) is 0 Å². The predicted octanol–water partition coefficient (Wildman–Crippen LogP) is -3.32. The van der Waals surface area contributed by atoms with Crippen molar-refractivity contribution in [3.8, 4) is 0 Å². The number of aliphatic carboxylic acids is 1. The van der Waals surface area contributed by atoms with E-state index in [4.69, 9.17) is 16.6 Å². The van der Waals surface area contributed by atoms with E-state index in [1.54, 1.807) is 13.8 Å². The molecule has 0 radical (unpaired) electrons. The molecule has 0 spiro atoms. The second-order valence-electron chi connectivity index (χ2n) is 7.68. The molecule has 1 saturated heterocycles. The number of rotatable bonds is 12. The van der Waals surface area contributed by atoms with Gasteiger partial charge in [0.2, 0.25) is 29.5 Å². The van der Waals surface area contributed by atoms with Gasteiger partial charge in [0.05, 0.1) is 18.9 Å². The zero-order valence-electron chi connectivity index (χ0n) is 17.5. The van der Waals surface area contributed by atoms with E-state index in [-0.39, 0.29) is 0 Å². The highest BCUT2D eigenvalue weighted by atomic mass is 16.4. The summed E-state index contributed by atoms with van der Waals surface area (Å²) in [6.45, 7) is 3.84. The lowest BCUT2D eigenvalue weighted by Crippen LogP contribution is -2.59. The fourth-order valence-corrected chi connectivity index (χ4v) is 3.04. The van der Waals surface area contributed by atoms with Gasteiger partial charge in [-0.3, -0.25) is 24.0 Å². The third-order valence-electron chi connectivity index (χ3n) is 4.68. The maximum atomic E-state index is 12.7.